The standard InChI is InChI=1S/C23H39N3.C2H4/c1-5-9-16-26(17-10-6-2)18-15-25-19-21-11-13-23(14-12-21)22(7-3)20-24-8-4;1-2/h7,11-14,20,25H,5-6,8-10,15-19H2,1-4H3;1-2H2/b22-7+,24-20?;. The van der Waals surface area contributed by atoms with Gasteiger partial charge in [-0.25, -0.2) is 0 Å². The van der Waals surface area contributed by atoms with E-state index in [1.54, 1.807) is 0 Å². The molecule has 0 radical (unpaired) electrons. The Morgan fingerprint density at radius 2 is 1.61 bits per heavy atom. The van der Waals surface area contributed by atoms with Crippen molar-refractivity contribution in [3.63, 3.8) is 0 Å². The average molecular weight is 386 g/mol. The van der Waals surface area contributed by atoms with Gasteiger partial charge in [-0.15, -0.1) is 13.2 Å². The van der Waals surface area contributed by atoms with Crippen molar-refractivity contribution in [1.29, 1.82) is 0 Å². The second-order valence-corrected chi connectivity index (χ2v) is 6.79. The fraction of sp³-hybridized carbons (Fsp3) is 0.560. The van der Waals surface area contributed by atoms with Gasteiger partial charge in [0.2, 0.25) is 0 Å². The number of allylic oxidation sites excluding steroid dienone is 2. The van der Waals surface area contributed by atoms with E-state index >= 15 is 0 Å². The van der Waals surface area contributed by atoms with E-state index in [9.17, 15) is 0 Å². The SMILES string of the molecule is C/C=C(\C=NCC)c1ccc(CNCCN(CCCC)CCCC)cc1.C=C. The summed E-state index contributed by atoms with van der Waals surface area (Å²) >= 11 is 0. The predicted octanol–water partition coefficient (Wildman–Crippen LogP) is 5.97. The van der Waals surface area contributed by atoms with Crippen LogP contribution >= 0.6 is 0 Å². The van der Waals surface area contributed by atoms with Crippen molar-refractivity contribution in [3.8, 4) is 0 Å². The molecule has 0 aliphatic heterocycles. The molecule has 0 amide bonds. The maximum atomic E-state index is 4.35. The van der Waals surface area contributed by atoms with E-state index in [4.69, 9.17) is 0 Å². The highest BCUT2D eigenvalue weighted by atomic mass is 15.1. The molecule has 3 nitrogen and oxygen atoms in total. The van der Waals surface area contributed by atoms with Crippen molar-refractivity contribution in [3.05, 3.63) is 54.6 Å². The van der Waals surface area contributed by atoms with Gasteiger partial charge in [-0.05, 0) is 56.5 Å². The van der Waals surface area contributed by atoms with E-state index in [0.717, 1.165) is 26.2 Å². The summed E-state index contributed by atoms with van der Waals surface area (Å²) < 4.78 is 0. The zero-order valence-corrected chi connectivity index (χ0v) is 18.8. The molecule has 0 saturated heterocycles. The third-order valence-corrected chi connectivity index (χ3v) is 4.60. The van der Waals surface area contributed by atoms with Crippen LogP contribution in [0.4, 0.5) is 0 Å². The maximum absolute atomic E-state index is 4.35. The normalized spacial score (nSPS) is 11.7. The van der Waals surface area contributed by atoms with Crippen molar-refractivity contribution in [2.75, 3.05) is 32.7 Å². The van der Waals surface area contributed by atoms with Crippen LogP contribution in [0, 0.1) is 0 Å². The summed E-state index contributed by atoms with van der Waals surface area (Å²) in [6.07, 6.45) is 9.25. The Balaban J connectivity index is 0.00000352. The van der Waals surface area contributed by atoms with Crippen LogP contribution in [0.3, 0.4) is 0 Å². The quantitative estimate of drug-likeness (QED) is 0.242. The summed E-state index contributed by atoms with van der Waals surface area (Å²) in [6.45, 7) is 21.1. The lowest BCUT2D eigenvalue weighted by molar-refractivity contribution is 0.264. The summed E-state index contributed by atoms with van der Waals surface area (Å²) in [4.78, 5) is 6.96. The Kier molecular flexibility index (Phi) is 17.5. The first-order valence-electron chi connectivity index (χ1n) is 10.9. The fourth-order valence-electron chi connectivity index (χ4n) is 2.89. The lowest BCUT2D eigenvalue weighted by Gasteiger charge is -2.22. The first kappa shape index (κ1) is 26.3. The summed E-state index contributed by atoms with van der Waals surface area (Å²) in [5.74, 6) is 0. The molecule has 0 spiro atoms. The third-order valence-electron chi connectivity index (χ3n) is 4.60. The number of nitrogens with one attached hydrogen (secondary N) is 1. The molecular formula is C25H43N3. The van der Waals surface area contributed by atoms with E-state index in [-0.39, 0.29) is 0 Å². The number of hydrogen-bond donors (Lipinski definition) is 1. The van der Waals surface area contributed by atoms with Crippen molar-refractivity contribution in [2.24, 2.45) is 4.99 Å². The number of benzene rings is 1. The smallest absolute Gasteiger partial charge is 0.0361 e. The van der Waals surface area contributed by atoms with E-state index in [1.165, 1.54) is 55.5 Å². The lowest BCUT2D eigenvalue weighted by Crippen LogP contribution is -2.33. The number of nitrogens with zero attached hydrogens (tertiary/aromatic N) is 2. The van der Waals surface area contributed by atoms with Gasteiger partial charge in [0.15, 0.2) is 0 Å². The van der Waals surface area contributed by atoms with Crippen LogP contribution in [0.25, 0.3) is 5.57 Å². The number of rotatable bonds is 14. The Morgan fingerprint density at radius 3 is 2.11 bits per heavy atom. The molecule has 1 aromatic rings. The summed E-state index contributed by atoms with van der Waals surface area (Å²) in [5.41, 5.74) is 3.76. The molecule has 0 aliphatic rings. The monoisotopic (exact) mass is 385 g/mol. The largest absolute Gasteiger partial charge is 0.311 e. The van der Waals surface area contributed by atoms with Gasteiger partial charge in [0, 0.05) is 32.4 Å². The molecule has 0 fully saturated rings. The average Bonchev–Trinajstić information content (AvgIpc) is 2.75. The minimum Gasteiger partial charge on any atom is -0.311 e. The Morgan fingerprint density at radius 1 is 1.00 bits per heavy atom. The van der Waals surface area contributed by atoms with Crippen LogP contribution in [0.5, 0.6) is 0 Å². The zero-order valence-electron chi connectivity index (χ0n) is 18.8. The van der Waals surface area contributed by atoms with Gasteiger partial charge in [0.25, 0.3) is 0 Å². The first-order chi connectivity index (χ1) is 13.7. The van der Waals surface area contributed by atoms with Crippen LogP contribution in [0.1, 0.15) is 64.5 Å². The van der Waals surface area contributed by atoms with Crippen LogP contribution in [-0.4, -0.2) is 43.8 Å². The molecule has 1 N–H and O–H groups in total. The molecule has 158 valence electrons. The van der Waals surface area contributed by atoms with Crippen molar-refractivity contribution >= 4 is 11.8 Å². The van der Waals surface area contributed by atoms with E-state index in [0.29, 0.717) is 0 Å². The highest BCUT2D eigenvalue weighted by molar-refractivity contribution is 6.09. The Hall–Kier alpha value is -1.71. The second kappa shape index (κ2) is 18.6. The number of aliphatic imine (C=N–C) groups is 1. The van der Waals surface area contributed by atoms with E-state index in [1.807, 2.05) is 6.21 Å². The van der Waals surface area contributed by atoms with Crippen LogP contribution < -0.4 is 5.32 Å². The molecule has 0 aliphatic carbocycles. The molecule has 1 aromatic carbocycles. The molecule has 1 rings (SSSR count). The molecule has 0 unspecified atom stereocenters. The molecule has 0 atom stereocenters. The van der Waals surface area contributed by atoms with Crippen molar-refractivity contribution < 1.29 is 0 Å². The van der Waals surface area contributed by atoms with Gasteiger partial charge in [-0.3, -0.25) is 4.99 Å². The summed E-state index contributed by atoms with van der Waals surface area (Å²) in [5, 5.41) is 3.60. The minimum atomic E-state index is 0.826. The molecular weight excluding hydrogens is 342 g/mol. The highest BCUT2D eigenvalue weighted by Gasteiger charge is 2.03. The Bertz CT molecular complexity index is 523. The lowest BCUT2D eigenvalue weighted by atomic mass is 10.0. The van der Waals surface area contributed by atoms with Crippen LogP contribution in [-0.2, 0) is 6.54 Å². The third kappa shape index (κ3) is 11.9. The molecule has 3 heteroatoms. The summed E-state index contributed by atoms with van der Waals surface area (Å²) in [6, 6.07) is 8.83. The summed E-state index contributed by atoms with van der Waals surface area (Å²) in [7, 11) is 0. The first-order valence-corrected chi connectivity index (χ1v) is 10.9. The number of unbranched alkanes of at least 4 members (excludes halogenated alkanes) is 2. The fourth-order valence-corrected chi connectivity index (χ4v) is 2.89. The zero-order chi connectivity index (χ0) is 21.0. The van der Waals surface area contributed by atoms with E-state index in [2.05, 4.69) is 86.4 Å². The molecule has 0 heterocycles. The number of hydrogen-bond acceptors (Lipinski definition) is 3. The van der Waals surface area contributed by atoms with Crippen LogP contribution in [0.2, 0.25) is 0 Å². The predicted molar refractivity (Wildman–Crippen MR) is 128 cm³/mol. The molecule has 28 heavy (non-hydrogen) atoms. The maximum Gasteiger partial charge on any atom is 0.0361 e. The van der Waals surface area contributed by atoms with Crippen molar-refractivity contribution in [1.82, 2.24) is 10.2 Å². The van der Waals surface area contributed by atoms with Gasteiger partial charge in [-0.1, -0.05) is 57.0 Å². The Labute approximate surface area is 174 Å². The minimum absolute atomic E-state index is 0.826. The van der Waals surface area contributed by atoms with Gasteiger partial charge in [0.1, 0.15) is 0 Å². The molecule has 0 saturated carbocycles. The van der Waals surface area contributed by atoms with Crippen LogP contribution in [0.15, 0.2) is 48.5 Å². The molecule has 0 aromatic heterocycles. The van der Waals surface area contributed by atoms with Gasteiger partial charge in [-0.2, -0.15) is 0 Å². The highest BCUT2D eigenvalue weighted by Crippen LogP contribution is 2.13. The topological polar surface area (TPSA) is 27.6 Å². The van der Waals surface area contributed by atoms with Gasteiger partial charge >= 0.3 is 0 Å². The van der Waals surface area contributed by atoms with Gasteiger partial charge < -0.3 is 10.2 Å². The van der Waals surface area contributed by atoms with Gasteiger partial charge in [0.05, 0.1) is 0 Å². The van der Waals surface area contributed by atoms with E-state index < -0.39 is 0 Å². The molecule has 0 bridgehead atoms. The van der Waals surface area contributed by atoms with Crippen molar-refractivity contribution in [2.45, 2.75) is 59.9 Å². The second-order valence-electron chi connectivity index (χ2n) is 6.79.